The number of hydrogen-bond acceptors (Lipinski definition) is 6. The van der Waals surface area contributed by atoms with Crippen molar-refractivity contribution in [3.05, 3.63) is 43.9 Å². The van der Waals surface area contributed by atoms with Crippen molar-refractivity contribution < 1.29 is 22.8 Å². The number of anilines is 1. The highest BCUT2D eigenvalue weighted by atomic mass is 35.5. The molecule has 0 aliphatic carbocycles. The number of nitrogens with zero attached hydrogens (tertiary/aromatic N) is 2. The van der Waals surface area contributed by atoms with Crippen LogP contribution in [0.25, 0.3) is 0 Å². The Morgan fingerprint density at radius 1 is 1.43 bits per heavy atom. The van der Waals surface area contributed by atoms with Crippen LogP contribution in [-0.2, 0) is 6.54 Å². The van der Waals surface area contributed by atoms with Gasteiger partial charge in [0.2, 0.25) is 0 Å². The molecular weight excluding hydrogens is 359 g/mol. The molecule has 0 aliphatic heterocycles. The van der Waals surface area contributed by atoms with E-state index in [1.807, 2.05) is 0 Å². The van der Waals surface area contributed by atoms with E-state index in [0.29, 0.717) is 16.7 Å². The van der Waals surface area contributed by atoms with Crippen molar-refractivity contribution in [2.45, 2.75) is 12.7 Å². The molecule has 0 spiro atoms. The molecular formula is C12H9ClF3N3O3S. The Balaban J connectivity index is 2.10. The third kappa shape index (κ3) is 5.25. The number of nitro benzene ring substituents is 1. The van der Waals surface area contributed by atoms with Crippen molar-refractivity contribution in [2.24, 2.45) is 0 Å². The predicted octanol–water partition coefficient (Wildman–Crippen LogP) is 4.26. The topological polar surface area (TPSA) is 77.3 Å². The van der Waals surface area contributed by atoms with Crippen LogP contribution in [-0.4, -0.2) is 22.7 Å². The van der Waals surface area contributed by atoms with Gasteiger partial charge in [0.25, 0.3) is 0 Å². The van der Waals surface area contributed by atoms with E-state index in [4.69, 9.17) is 11.6 Å². The third-order valence-corrected chi connectivity index (χ3v) is 3.65. The molecule has 2 rings (SSSR count). The van der Waals surface area contributed by atoms with E-state index >= 15 is 0 Å². The Morgan fingerprint density at radius 3 is 2.74 bits per heavy atom. The molecule has 1 heterocycles. The van der Waals surface area contributed by atoms with Gasteiger partial charge in [-0.15, -0.1) is 11.3 Å². The van der Waals surface area contributed by atoms with Crippen LogP contribution in [0.1, 0.15) is 4.88 Å². The second-order valence-electron chi connectivity index (χ2n) is 4.28. The van der Waals surface area contributed by atoms with Crippen LogP contribution in [0.3, 0.4) is 0 Å². The quantitative estimate of drug-likeness (QED) is 0.609. The summed E-state index contributed by atoms with van der Waals surface area (Å²) in [5, 5.41) is 13.9. The normalized spacial score (nSPS) is 11.3. The van der Waals surface area contributed by atoms with Crippen molar-refractivity contribution in [2.75, 3.05) is 11.9 Å². The molecule has 1 aromatic heterocycles. The summed E-state index contributed by atoms with van der Waals surface area (Å²) in [6.07, 6.45) is -3.02. The largest absolute Gasteiger partial charge is 0.477 e. The summed E-state index contributed by atoms with van der Waals surface area (Å²) in [7, 11) is 0. The van der Waals surface area contributed by atoms with E-state index in [1.54, 1.807) is 6.20 Å². The molecule has 0 unspecified atom stereocenters. The van der Waals surface area contributed by atoms with Crippen molar-refractivity contribution in [3.63, 3.8) is 0 Å². The van der Waals surface area contributed by atoms with Gasteiger partial charge >= 0.3 is 11.9 Å². The van der Waals surface area contributed by atoms with Crippen LogP contribution in [0, 0.1) is 10.1 Å². The molecule has 124 valence electrons. The summed E-state index contributed by atoms with van der Waals surface area (Å²) >= 11 is 6.92. The van der Waals surface area contributed by atoms with E-state index in [9.17, 15) is 23.3 Å². The Kier molecular flexibility index (Phi) is 5.26. The van der Waals surface area contributed by atoms with E-state index in [2.05, 4.69) is 15.0 Å². The van der Waals surface area contributed by atoms with Crippen molar-refractivity contribution in [3.8, 4) is 5.75 Å². The van der Waals surface area contributed by atoms with Gasteiger partial charge in [-0.1, -0.05) is 11.6 Å². The minimum atomic E-state index is -4.57. The van der Waals surface area contributed by atoms with Gasteiger partial charge < -0.3 is 10.1 Å². The fraction of sp³-hybridized carbons (Fsp3) is 0.250. The zero-order valence-electron chi connectivity index (χ0n) is 11.3. The summed E-state index contributed by atoms with van der Waals surface area (Å²) in [6.45, 7) is -1.27. The maximum absolute atomic E-state index is 12.1. The number of nitrogens with one attached hydrogen (secondary N) is 1. The average Bonchev–Trinajstić information content (AvgIpc) is 2.88. The molecule has 23 heavy (non-hydrogen) atoms. The molecule has 1 aromatic carbocycles. The monoisotopic (exact) mass is 367 g/mol. The second-order valence-corrected chi connectivity index (χ2v) is 5.97. The van der Waals surface area contributed by atoms with E-state index in [1.165, 1.54) is 17.4 Å². The number of hydrogen-bond donors (Lipinski definition) is 1. The van der Waals surface area contributed by atoms with Crippen LogP contribution < -0.4 is 10.1 Å². The first kappa shape index (κ1) is 17.3. The zero-order chi connectivity index (χ0) is 17.0. The molecule has 0 amide bonds. The molecule has 2 aromatic rings. The highest BCUT2D eigenvalue weighted by molar-refractivity contribution is 7.15. The zero-order valence-corrected chi connectivity index (χ0v) is 12.8. The number of rotatable bonds is 6. The first-order chi connectivity index (χ1) is 10.7. The highest BCUT2D eigenvalue weighted by Gasteiger charge is 2.30. The predicted molar refractivity (Wildman–Crippen MR) is 79.1 cm³/mol. The summed E-state index contributed by atoms with van der Waals surface area (Å²) in [5.41, 5.74) is -0.192. The molecule has 0 bridgehead atoms. The minimum Gasteiger partial charge on any atom is -0.477 e. The third-order valence-electron chi connectivity index (χ3n) is 2.54. The Morgan fingerprint density at radius 2 is 2.17 bits per heavy atom. The fourth-order valence-electron chi connectivity index (χ4n) is 1.61. The second kappa shape index (κ2) is 7.01. The van der Waals surface area contributed by atoms with Crippen molar-refractivity contribution in [1.82, 2.24) is 4.98 Å². The molecule has 0 saturated heterocycles. The number of nitro groups is 1. The molecule has 0 fully saturated rings. The lowest BCUT2D eigenvalue weighted by atomic mass is 10.2. The van der Waals surface area contributed by atoms with Crippen LogP contribution in [0.5, 0.6) is 5.75 Å². The minimum absolute atomic E-state index is 0.324. The van der Waals surface area contributed by atoms with Gasteiger partial charge in [-0.3, -0.25) is 10.1 Å². The Hall–Kier alpha value is -2.07. The summed E-state index contributed by atoms with van der Waals surface area (Å²) < 4.78 is 41.3. The molecule has 1 N–H and O–H groups in total. The maximum Gasteiger partial charge on any atom is 0.422 e. The molecule has 0 aliphatic rings. The lowest BCUT2D eigenvalue weighted by Gasteiger charge is -2.11. The van der Waals surface area contributed by atoms with Crippen molar-refractivity contribution in [1.29, 1.82) is 0 Å². The lowest BCUT2D eigenvalue weighted by Crippen LogP contribution is -2.19. The first-order valence-corrected chi connectivity index (χ1v) is 7.26. The molecule has 11 heteroatoms. The molecule has 6 nitrogen and oxygen atoms in total. The number of aromatic nitrogens is 1. The summed E-state index contributed by atoms with van der Waals surface area (Å²) in [4.78, 5) is 14.8. The van der Waals surface area contributed by atoms with Gasteiger partial charge in [0, 0.05) is 22.8 Å². The number of benzene rings is 1. The number of thiazole rings is 1. The molecule has 0 radical (unpaired) electrons. The van der Waals surface area contributed by atoms with Crippen LogP contribution >= 0.6 is 22.9 Å². The first-order valence-electron chi connectivity index (χ1n) is 6.06. The smallest absolute Gasteiger partial charge is 0.422 e. The van der Waals surface area contributed by atoms with Crippen LogP contribution in [0.2, 0.25) is 4.47 Å². The summed E-state index contributed by atoms with van der Waals surface area (Å²) in [5.74, 6) is -0.446. The van der Waals surface area contributed by atoms with Gasteiger partial charge in [-0.05, 0) is 12.1 Å². The van der Waals surface area contributed by atoms with Gasteiger partial charge in [-0.2, -0.15) is 13.2 Å². The van der Waals surface area contributed by atoms with Gasteiger partial charge in [0.1, 0.15) is 0 Å². The maximum atomic E-state index is 12.1. The standard InChI is InChI=1S/C12H9ClF3N3O3S/c13-11-18-5-8(23-11)4-17-7-1-2-10(9(3-7)19(20)21)22-6-12(14,15)16/h1-3,5,17H,4,6H2. The number of alkyl halides is 3. The number of ether oxygens (including phenoxy) is 1. The average molecular weight is 368 g/mol. The highest BCUT2D eigenvalue weighted by Crippen LogP contribution is 2.31. The fourth-order valence-corrected chi connectivity index (χ4v) is 2.52. The number of halogens is 4. The Labute approximate surface area is 137 Å². The van der Waals surface area contributed by atoms with Crippen molar-refractivity contribution >= 4 is 34.3 Å². The van der Waals surface area contributed by atoms with E-state index < -0.39 is 29.1 Å². The summed E-state index contributed by atoms with van der Waals surface area (Å²) in [6, 6.07) is 3.61. The van der Waals surface area contributed by atoms with Crippen LogP contribution in [0.15, 0.2) is 24.4 Å². The lowest BCUT2D eigenvalue weighted by molar-refractivity contribution is -0.386. The molecule has 0 atom stereocenters. The van der Waals surface area contributed by atoms with Gasteiger partial charge in [0.15, 0.2) is 16.8 Å². The van der Waals surface area contributed by atoms with Gasteiger partial charge in [0.05, 0.1) is 11.5 Å². The van der Waals surface area contributed by atoms with Crippen LogP contribution in [0.4, 0.5) is 24.5 Å². The van der Waals surface area contributed by atoms with E-state index in [0.717, 1.165) is 17.0 Å². The molecule has 0 saturated carbocycles. The SMILES string of the molecule is O=[N+]([O-])c1cc(NCc2cnc(Cl)s2)ccc1OCC(F)(F)F. The van der Waals surface area contributed by atoms with E-state index in [-0.39, 0.29) is 0 Å². The van der Waals surface area contributed by atoms with Gasteiger partial charge in [-0.25, -0.2) is 4.98 Å². The Bertz CT molecular complexity index is 708.